The van der Waals surface area contributed by atoms with E-state index in [1.165, 1.54) is 205 Å². The Morgan fingerprint density at radius 1 is 0.524 bits per heavy atom. The fraction of sp³-hybridized carbons (Fsp3) is 0.907. The fourth-order valence-corrected chi connectivity index (χ4v) is 8.84. The molecular weight excluding hydrogens is 804 g/mol. The van der Waals surface area contributed by atoms with Crippen LogP contribution in [0.5, 0.6) is 0 Å². The van der Waals surface area contributed by atoms with Crippen LogP contribution in [0.2, 0.25) is 0 Å². The fourth-order valence-electron chi connectivity index (χ4n) is 8.11. The van der Waals surface area contributed by atoms with E-state index in [0.29, 0.717) is 17.4 Å². The molecule has 0 fully saturated rings. The second-order valence-electron chi connectivity index (χ2n) is 20.0. The van der Waals surface area contributed by atoms with Crippen molar-refractivity contribution < 1.29 is 32.9 Å². The Morgan fingerprint density at radius 3 is 1.25 bits per heavy atom. The number of phosphoric acid groups is 1. The lowest BCUT2D eigenvalue weighted by Gasteiger charge is -2.25. The number of unbranched alkanes of at least 4 members (excludes halogenated alkanes) is 35. The summed E-state index contributed by atoms with van der Waals surface area (Å²) in [4.78, 5) is 23.1. The van der Waals surface area contributed by atoms with Crippen LogP contribution >= 0.6 is 7.82 Å². The summed E-state index contributed by atoms with van der Waals surface area (Å²) in [5.41, 5.74) is 0. The van der Waals surface area contributed by atoms with Crippen molar-refractivity contribution in [1.29, 1.82) is 0 Å². The normalized spacial score (nSPS) is 14.2. The summed E-state index contributed by atoms with van der Waals surface area (Å²) in [5.74, 6) is -0.186. The predicted molar refractivity (Wildman–Crippen MR) is 272 cm³/mol. The number of hydrogen-bond acceptors (Lipinski definition) is 5. The molecule has 0 bridgehead atoms. The Kier molecular flexibility index (Phi) is 45.4. The molecule has 63 heavy (non-hydrogen) atoms. The average molecular weight is 912 g/mol. The van der Waals surface area contributed by atoms with E-state index in [1.54, 1.807) is 6.08 Å². The summed E-state index contributed by atoms with van der Waals surface area (Å²) in [6.07, 6.45) is 57.6. The van der Waals surface area contributed by atoms with Gasteiger partial charge in [-0.2, -0.15) is 0 Å². The summed E-state index contributed by atoms with van der Waals surface area (Å²) >= 11 is 0. The van der Waals surface area contributed by atoms with Gasteiger partial charge in [0.15, 0.2) is 0 Å². The lowest BCUT2D eigenvalue weighted by atomic mass is 10.0. The van der Waals surface area contributed by atoms with Gasteiger partial charge in [0.2, 0.25) is 5.91 Å². The van der Waals surface area contributed by atoms with E-state index < -0.39 is 20.0 Å². The maximum absolute atomic E-state index is 12.9. The van der Waals surface area contributed by atoms with Gasteiger partial charge in [-0.15, -0.1) is 0 Å². The number of nitrogens with one attached hydrogen (secondary N) is 1. The van der Waals surface area contributed by atoms with E-state index in [9.17, 15) is 19.4 Å². The number of likely N-dealkylation sites (N-methyl/N-ethyl adjacent to an activating group) is 1. The number of phosphoric ester groups is 1. The van der Waals surface area contributed by atoms with E-state index in [0.717, 1.165) is 38.5 Å². The smallest absolute Gasteiger partial charge is 0.387 e. The summed E-state index contributed by atoms with van der Waals surface area (Å²) in [6.45, 7) is 4.74. The number of rotatable bonds is 50. The zero-order valence-electron chi connectivity index (χ0n) is 42.6. The first kappa shape index (κ1) is 62.0. The molecule has 0 aliphatic heterocycles. The largest absolute Gasteiger partial charge is 0.472 e. The zero-order valence-corrected chi connectivity index (χ0v) is 43.5. The molecule has 0 saturated heterocycles. The molecule has 0 aliphatic rings. The third-order valence-electron chi connectivity index (χ3n) is 12.4. The number of hydrogen-bond donors (Lipinski definition) is 3. The van der Waals surface area contributed by atoms with E-state index >= 15 is 0 Å². The van der Waals surface area contributed by atoms with E-state index in [-0.39, 0.29) is 19.1 Å². The number of nitrogens with zero attached hydrogens (tertiary/aromatic N) is 1. The van der Waals surface area contributed by atoms with Crippen LogP contribution < -0.4 is 5.32 Å². The second kappa shape index (κ2) is 46.1. The standard InChI is InChI=1S/C54H107N2O6P/c1-6-8-10-12-14-16-17-18-19-20-21-22-23-24-25-26-27-28-29-30-31-32-33-34-35-36-37-38-39-40-42-44-46-48-54(58)55-52(51-62-63(59,60)61-50-49-56(3,4)5)53(57)47-45-43-41-15-13-11-9-7-2/h13,15,45,47,52-53,57H,6-12,14,16-44,46,48-51H2,1-5H3,(H-,55,58,59,60)/p+1/b15-13+,47-45+. The molecule has 3 unspecified atom stereocenters. The third-order valence-corrected chi connectivity index (χ3v) is 13.4. The second-order valence-corrected chi connectivity index (χ2v) is 21.4. The molecule has 0 aromatic carbocycles. The molecule has 0 saturated carbocycles. The Balaban J connectivity index is 3.85. The summed E-state index contributed by atoms with van der Waals surface area (Å²) in [7, 11) is 1.56. The molecule has 0 aliphatic carbocycles. The van der Waals surface area contributed by atoms with Crippen LogP contribution in [0, 0.1) is 0 Å². The molecule has 0 heterocycles. The van der Waals surface area contributed by atoms with Crippen molar-refractivity contribution in [3.05, 3.63) is 24.3 Å². The molecule has 0 aromatic heterocycles. The van der Waals surface area contributed by atoms with Gasteiger partial charge >= 0.3 is 7.82 Å². The third kappa shape index (κ3) is 48.7. The average Bonchev–Trinajstić information content (AvgIpc) is 3.24. The van der Waals surface area contributed by atoms with Crippen molar-refractivity contribution in [3.8, 4) is 0 Å². The van der Waals surface area contributed by atoms with Crippen LogP contribution in [0.3, 0.4) is 0 Å². The number of aliphatic hydroxyl groups excluding tert-OH is 1. The van der Waals surface area contributed by atoms with Crippen molar-refractivity contribution in [2.45, 2.75) is 276 Å². The highest BCUT2D eigenvalue weighted by molar-refractivity contribution is 7.47. The highest BCUT2D eigenvalue weighted by Crippen LogP contribution is 2.43. The van der Waals surface area contributed by atoms with Crippen LogP contribution in [-0.2, 0) is 18.4 Å². The van der Waals surface area contributed by atoms with Gasteiger partial charge in [0, 0.05) is 6.42 Å². The maximum Gasteiger partial charge on any atom is 0.472 e. The molecule has 3 N–H and O–H groups in total. The minimum Gasteiger partial charge on any atom is -0.387 e. The predicted octanol–water partition coefficient (Wildman–Crippen LogP) is 16.0. The van der Waals surface area contributed by atoms with Crippen molar-refractivity contribution in [3.63, 3.8) is 0 Å². The van der Waals surface area contributed by atoms with Crippen LogP contribution in [0.25, 0.3) is 0 Å². The Labute approximate surface area is 392 Å². The first-order valence-electron chi connectivity index (χ1n) is 27.2. The number of quaternary nitrogens is 1. The lowest BCUT2D eigenvalue weighted by molar-refractivity contribution is -0.870. The molecule has 8 nitrogen and oxygen atoms in total. The zero-order chi connectivity index (χ0) is 46.4. The van der Waals surface area contributed by atoms with E-state index in [1.807, 2.05) is 27.2 Å². The number of carbonyl (C=O) groups is 1. The van der Waals surface area contributed by atoms with Gasteiger partial charge in [-0.25, -0.2) is 4.57 Å². The van der Waals surface area contributed by atoms with Crippen molar-refractivity contribution >= 4 is 13.7 Å². The van der Waals surface area contributed by atoms with Crippen LogP contribution in [0.1, 0.15) is 264 Å². The van der Waals surface area contributed by atoms with E-state index in [2.05, 4.69) is 31.3 Å². The van der Waals surface area contributed by atoms with Gasteiger partial charge in [-0.1, -0.05) is 256 Å². The van der Waals surface area contributed by atoms with Crippen molar-refractivity contribution in [2.75, 3.05) is 40.9 Å². The molecular formula is C54H108N2O6P+. The minimum atomic E-state index is -4.34. The number of aliphatic hydroxyl groups is 1. The van der Waals surface area contributed by atoms with Gasteiger partial charge in [0.1, 0.15) is 13.2 Å². The highest BCUT2D eigenvalue weighted by atomic mass is 31.2. The van der Waals surface area contributed by atoms with Crippen molar-refractivity contribution in [1.82, 2.24) is 5.32 Å². The molecule has 0 rings (SSSR count). The molecule has 3 atom stereocenters. The van der Waals surface area contributed by atoms with Gasteiger partial charge in [0.05, 0.1) is 39.9 Å². The van der Waals surface area contributed by atoms with Crippen molar-refractivity contribution in [2.24, 2.45) is 0 Å². The maximum atomic E-state index is 12.9. The summed E-state index contributed by atoms with van der Waals surface area (Å²) < 4.78 is 23.5. The summed E-state index contributed by atoms with van der Waals surface area (Å²) in [5, 5.41) is 13.7. The van der Waals surface area contributed by atoms with Crippen LogP contribution in [-0.4, -0.2) is 73.4 Å². The topological polar surface area (TPSA) is 105 Å². The van der Waals surface area contributed by atoms with Gasteiger partial charge in [-0.05, 0) is 25.7 Å². The lowest BCUT2D eigenvalue weighted by Crippen LogP contribution is -2.45. The van der Waals surface area contributed by atoms with Gasteiger partial charge < -0.3 is 19.8 Å². The van der Waals surface area contributed by atoms with E-state index in [4.69, 9.17) is 9.05 Å². The number of carbonyl (C=O) groups excluding carboxylic acids is 1. The van der Waals surface area contributed by atoms with Crippen LogP contribution in [0.15, 0.2) is 24.3 Å². The molecule has 374 valence electrons. The number of amides is 1. The Hall–Kier alpha value is -1.02. The molecule has 1 amide bonds. The summed E-state index contributed by atoms with van der Waals surface area (Å²) in [6, 6.07) is -0.857. The van der Waals surface area contributed by atoms with Crippen LogP contribution in [0.4, 0.5) is 0 Å². The Morgan fingerprint density at radius 2 is 0.873 bits per heavy atom. The monoisotopic (exact) mass is 912 g/mol. The first-order valence-corrected chi connectivity index (χ1v) is 28.7. The molecule has 0 aromatic rings. The first-order chi connectivity index (χ1) is 30.5. The van der Waals surface area contributed by atoms with Gasteiger partial charge in [0.25, 0.3) is 0 Å². The quantitative estimate of drug-likeness (QED) is 0.0243. The number of allylic oxidation sites excluding steroid dienone is 3. The van der Waals surface area contributed by atoms with Gasteiger partial charge in [-0.3, -0.25) is 13.8 Å². The highest BCUT2D eigenvalue weighted by Gasteiger charge is 2.27. The molecule has 0 spiro atoms. The minimum absolute atomic E-state index is 0.0578. The molecule has 0 radical (unpaired) electrons. The molecule has 9 heteroatoms. The SMILES string of the molecule is CCCC/C=C/CC/C=C/C(O)C(COP(=O)(O)OCC[N+](C)(C)C)NC(=O)CCCCCCCCCCCCCCCCCCCCCCCCCCCCCCCCCCC. The Bertz CT molecular complexity index is 1080.